The Labute approximate surface area is 123 Å². The summed E-state index contributed by atoms with van der Waals surface area (Å²) in [7, 11) is 1.52. The Morgan fingerprint density at radius 3 is 2.33 bits per heavy atom. The lowest BCUT2D eigenvalue weighted by molar-refractivity contribution is -0.304. The highest BCUT2D eigenvalue weighted by Crippen LogP contribution is 2.29. The number of ether oxygens (including phenoxy) is 2. The van der Waals surface area contributed by atoms with Gasteiger partial charge in [-0.2, -0.15) is 0 Å². The summed E-state index contributed by atoms with van der Waals surface area (Å²) in [5, 5.41) is 10.6. The predicted octanol–water partition coefficient (Wildman–Crippen LogP) is 1.88. The van der Waals surface area contributed by atoms with Gasteiger partial charge in [0.1, 0.15) is 6.61 Å². The molecular weight excluding hydrogens is 268 g/mol. The molecular formula is C17H17O4-. The molecule has 2 rings (SSSR count). The average molecular weight is 285 g/mol. The maximum absolute atomic E-state index is 10.6. The molecule has 0 N–H and O–H groups in total. The molecule has 0 aliphatic rings. The summed E-state index contributed by atoms with van der Waals surface area (Å²) in [6, 6.07) is 13.1. The van der Waals surface area contributed by atoms with Gasteiger partial charge in [0.15, 0.2) is 11.5 Å². The minimum Gasteiger partial charge on any atom is -0.550 e. The van der Waals surface area contributed by atoms with Gasteiger partial charge in [0.05, 0.1) is 7.11 Å². The van der Waals surface area contributed by atoms with Gasteiger partial charge in [-0.25, -0.2) is 0 Å². The monoisotopic (exact) mass is 285 g/mol. The molecule has 0 bridgehead atoms. The molecule has 0 saturated carbocycles. The Morgan fingerprint density at radius 2 is 1.71 bits per heavy atom. The first-order chi connectivity index (χ1) is 10.1. The highest BCUT2D eigenvalue weighted by atomic mass is 16.5. The Balaban J connectivity index is 2.08. The Morgan fingerprint density at radius 1 is 1.05 bits per heavy atom. The van der Waals surface area contributed by atoms with Gasteiger partial charge in [-0.3, -0.25) is 0 Å². The molecule has 0 atom stereocenters. The fourth-order valence-corrected chi connectivity index (χ4v) is 1.95. The van der Waals surface area contributed by atoms with Crippen molar-refractivity contribution in [3.63, 3.8) is 0 Å². The zero-order chi connectivity index (χ0) is 15.2. The summed E-state index contributed by atoms with van der Waals surface area (Å²) in [5.74, 6) is -0.0218. The summed E-state index contributed by atoms with van der Waals surface area (Å²) in [6.45, 7) is 2.46. The number of aliphatic carboxylic acids is 1. The second kappa shape index (κ2) is 6.79. The number of hydrogen-bond acceptors (Lipinski definition) is 4. The molecule has 21 heavy (non-hydrogen) atoms. The van der Waals surface area contributed by atoms with Crippen molar-refractivity contribution in [1.29, 1.82) is 0 Å². The lowest BCUT2D eigenvalue weighted by atomic mass is 10.1. The minimum absolute atomic E-state index is 0.144. The van der Waals surface area contributed by atoms with Crippen LogP contribution in [0.3, 0.4) is 0 Å². The largest absolute Gasteiger partial charge is 0.550 e. The zero-order valence-corrected chi connectivity index (χ0v) is 12.1. The maximum atomic E-state index is 10.6. The fourth-order valence-electron chi connectivity index (χ4n) is 1.95. The van der Waals surface area contributed by atoms with Gasteiger partial charge in [-0.05, 0) is 30.2 Å². The summed E-state index contributed by atoms with van der Waals surface area (Å²) < 4.78 is 11.0. The van der Waals surface area contributed by atoms with E-state index in [9.17, 15) is 9.90 Å². The second-order valence-electron chi connectivity index (χ2n) is 4.81. The SMILES string of the molecule is COc1cc(CC(=O)[O-])ccc1OCc1ccc(C)cc1. The van der Waals surface area contributed by atoms with Gasteiger partial charge in [-0.15, -0.1) is 0 Å². The van der Waals surface area contributed by atoms with Crippen molar-refractivity contribution >= 4 is 5.97 Å². The lowest BCUT2D eigenvalue weighted by Crippen LogP contribution is -2.24. The lowest BCUT2D eigenvalue weighted by Gasteiger charge is -2.12. The number of carboxylic acid groups (broad SMARTS) is 1. The first-order valence-electron chi connectivity index (χ1n) is 6.63. The van der Waals surface area contributed by atoms with Crippen LogP contribution in [-0.4, -0.2) is 13.1 Å². The Bertz CT molecular complexity index is 617. The molecule has 0 aliphatic heterocycles. The molecule has 2 aromatic rings. The van der Waals surface area contributed by atoms with E-state index in [0.717, 1.165) is 5.56 Å². The number of carboxylic acids is 1. The number of carbonyl (C=O) groups is 1. The standard InChI is InChI=1S/C17H18O4/c1-12-3-5-13(6-4-12)11-21-15-8-7-14(10-17(18)19)9-16(15)20-2/h3-9H,10-11H2,1-2H3,(H,18,19)/p-1. The second-order valence-corrected chi connectivity index (χ2v) is 4.81. The third-order valence-corrected chi connectivity index (χ3v) is 3.09. The van der Waals surface area contributed by atoms with Gasteiger partial charge in [0, 0.05) is 12.4 Å². The van der Waals surface area contributed by atoms with Crippen LogP contribution < -0.4 is 14.6 Å². The smallest absolute Gasteiger partial charge is 0.161 e. The van der Waals surface area contributed by atoms with Crippen molar-refractivity contribution < 1.29 is 19.4 Å². The fraction of sp³-hybridized carbons (Fsp3) is 0.235. The van der Waals surface area contributed by atoms with Crippen LogP contribution in [0.5, 0.6) is 11.5 Å². The van der Waals surface area contributed by atoms with Gasteiger partial charge < -0.3 is 19.4 Å². The van der Waals surface area contributed by atoms with E-state index >= 15 is 0 Å². The highest BCUT2D eigenvalue weighted by molar-refractivity contribution is 5.68. The Hall–Kier alpha value is -2.49. The van der Waals surface area contributed by atoms with Crippen LogP contribution in [0.2, 0.25) is 0 Å². The van der Waals surface area contributed by atoms with Crippen LogP contribution >= 0.6 is 0 Å². The van der Waals surface area contributed by atoms with E-state index in [2.05, 4.69) is 0 Å². The van der Waals surface area contributed by atoms with Crippen LogP contribution in [0.1, 0.15) is 16.7 Å². The number of hydrogen-bond donors (Lipinski definition) is 0. The topological polar surface area (TPSA) is 58.6 Å². The van der Waals surface area contributed by atoms with Gasteiger partial charge in [-0.1, -0.05) is 35.9 Å². The quantitative estimate of drug-likeness (QED) is 0.813. The minimum atomic E-state index is -1.12. The molecule has 2 aromatic carbocycles. The average Bonchev–Trinajstić information content (AvgIpc) is 2.47. The molecule has 0 amide bonds. The first kappa shape index (κ1) is 14.9. The van der Waals surface area contributed by atoms with Crippen molar-refractivity contribution in [2.24, 2.45) is 0 Å². The maximum Gasteiger partial charge on any atom is 0.161 e. The highest BCUT2D eigenvalue weighted by Gasteiger charge is 2.06. The third-order valence-electron chi connectivity index (χ3n) is 3.09. The zero-order valence-electron chi connectivity index (χ0n) is 12.1. The number of aryl methyl sites for hydroxylation is 1. The molecule has 4 heteroatoms. The van der Waals surface area contributed by atoms with Gasteiger partial charge in [0.2, 0.25) is 0 Å². The molecule has 0 saturated heterocycles. The summed E-state index contributed by atoms with van der Waals surface area (Å²) >= 11 is 0. The van der Waals surface area contributed by atoms with E-state index in [-0.39, 0.29) is 6.42 Å². The van der Waals surface area contributed by atoms with Crippen molar-refractivity contribution in [3.8, 4) is 11.5 Å². The van der Waals surface area contributed by atoms with Crippen molar-refractivity contribution in [1.82, 2.24) is 0 Å². The van der Waals surface area contributed by atoms with E-state index in [1.54, 1.807) is 18.2 Å². The van der Waals surface area contributed by atoms with Gasteiger partial charge >= 0.3 is 0 Å². The summed E-state index contributed by atoms with van der Waals surface area (Å²) in [6.07, 6.45) is -0.144. The summed E-state index contributed by atoms with van der Waals surface area (Å²) in [4.78, 5) is 10.6. The molecule has 4 nitrogen and oxygen atoms in total. The number of rotatable bonds is 6. The van der Waals surface area contributed by atoms with Crippen LogP contribution in [-0.2, 0) is 17.8 Å². The number of carbonyl (C=O) groups excluding carboxylic acids is 1. The molecule has 0 spiro atoms. The molecule has 0 unspecified atom stereocenters. The normalized spacial score (nSPS) is 10.2. The molecule has 0 fully saturated rings. The molecule has 110 valence electrons. The van der Waals surface area contributed by atoms with Crippen molar-refractivity contribution in [2.45, 2.75) is 20.0 Å². The summed E-state index contributed by atoms with van der Waals surface area (Å²) in [5.41, 5.74) is 2.87. The van der Waals surface area contributed by atoms with E-state index in [1.807, 2.05) is 31.2 Å². The van der Waals surface area contributed by atoms with Crippen molar-refractivity contribution in [3.05, 3.63) is 59.2 Å². The predicted molar refractivity (Wildman–Crippen MR) is 77.2 cm³/mol. The van der Waals surface area contributed by atoms with Crippen LogP contribution in [0.25, 0.3) is 0 Å². The van der Waals surface area contributed by atoms with Crippen molar-refractivity contribution in [2.75, 3.05) is 7.11 Å². The Kier molecular flexibility index (Phi) is 4.82. The number of methoxy groups -OCH3 is 1. The molecule has 0 aliphatic carbocycles. The van der Waals surface area contributed by atoms with E-state index < -0.39 is 5.97 Å². The van der Waals surface area contributed by atoms with Gasteiger partial charge in [0.25, 0.3) is 0 Å². The molecule has 0 radical (unpaired) electrons. The van der Waals surface area contributed by atoms with E-state index in [1.165, 1.54) is 12.7 Å². The molecule has 0 aromatic heterocycles. The third kappa shape index (κ3) is 4.24. The number of benzene rings is 2. The first-order valence-corrected chi connectivity index (χ1v) is 6.63. The van der Waals surface area contributed by atoms with E-state index in [0.29, 0.717) is 23.7 Å². The van der Waals surface area contributed by atoms with Crippen LogP contribution in [0, 0.1) is 6.92 Å². The van der Waals surface area contributed by atoms with Crippen LogP contribution in [0.4, 0.5) is 0 Å². The molecule has 0 heterocycles. The van der Waals surface area contributed by atoms with Crippen LogP contribution in [0.15, 0.2) is 42.5 Å². The van der Waals surface area contributed by atoms with E-state index in [4.69, 9.17) is 9.47 Å².